The topological polar surface area (TPSA) is 39.0 Å². The zero-order valence-corrected chi connectivity index (χ0v) is 17.6. The van der Waals surface area contributed by atoms with Crippen molar-refractivity contribution in [2.75, 3.05) is 59.9 Å². The molecule has 6 nitrogen and oxygen atoms in total. The van der Waals surface area contributed by atoms with E-state index in [0.29, 0.717) is 0 Å². The van der Waals surface area contributed by atoms with Crippen LogP contribution in [0.4, 0.5) is 0 Å². The van der Waals surface area contributed by atoms with E-state index in [1.54, 1.807) is 0 Å². The summed E-state index contributed by atoms with van der Waals surface area (Å²) in [6.07, 6.45) is 4.32. The lowest BCUT2D eigenvalue weighted by Gasteiger charge is -2.34. The monoisotopic (exact) mass is 382 g/mol. The van der Waals surface area contributed by atoms with Crippen LogP contribution in [-0.4, -0.2) is 85.1 Å². The van der Waals surface area contributed by atoms with E-state index in [0.717, 1.165) is 30.5 Å². The Balaban J connectivity index is 1.63. The van der Waals surface area contributed by atoms with Gasteiger partial charge in [-0.1, -0.05) is 18.5 Å². The number of aliphatic imine (C=N–C) groups is 1. The number of hydrogen-bond acceptors (Lipinski definition) is 3. The smallest absolute Gasteiger partial charge is 0.193 e. The highest BCUT2D eigenvalue weighted by atomic mass is 35.5. The van der Waals surface area contributed by atoms with Crippen LogP contribution in [0.15, 0.2) is 17.3 Å². The molecule has 0 unspecified atom stereocenters. The van der Waals surface area contributed by atoms with Gasteiger partial charge in [0.15, 0.2) is 5.96 Å². The predicted molar refractivity (Wildman–Crippen MR) is 111 cm³/mol. The molecule has 0 saturated carbocycles. The minimum absolute atomic E-state index is 0.776. The molecule has 0 bridgehead atoms. The van der Waals surface area contributed by atoms with Gasteiger partial charge in [-0.25, -0.2) is 0 Å². The van der Waals surface area contributed by atoms with Gasteiger partial charge in [0.05, 0.1) is 11.6 Å². The minimum Gasteiger partial charge on any atom is -0.356 e. The van der Waals surface area contributed by atoms with E-state index in [9.17, 15) is 0 Å². The fraction of sp³-hybridized carbons (Fsp3) is 0.737. The first-order valence-corrected chi connectivity index (χ1v) is 10.1. The van der Waals surface area contributed by atoms with E-state index >= 15 is 0 Å². The highest BCUT2D eigenvalue weighted by Gasteiger charge is 2.14. The lowest BCUT2D eigenvalue weighted by molar-refractivity contribution is 0.136. The Morgan fingerprint density at radius 2 is 1.92 bits per heavy atom. The zero-order valence-electron chi connectivity index (χ0n) is 16.8. The number of aryl methyl sites for hydroxylation is 1. The quantitative estimate of drug-likeness (QED) is 0.424. The molecule has 0 spiro atoms. The molecule has 7 heteroatoms. The Kier molecular flexibility index (Phi) is 8.75. The second-order valence-electron chi connectivity index (χ2n) is 7.07. The van der Waals surface area contributed by atoms with Crippen LogP contribution >= 0.6 is 11.6 Å². The summed E-state index contributed by atoms with van der Waals surface area (Å²) in [7, 11) is 5.92. The summed E-state index contributed by atoms with van der Waals surface area (Å²) in [6, 6.07) is 2.00. The maximum atomic E-state index is 6.07. The Labute approximate surface area is 163 Å². The second-order valence-corrected chi connectivity index (χ2v) is 7.51. The van der Waals surface area contributed by atoms with Crippen LogP contribution in [0.2, 0.25) is 5.02 Å². The van der Waals surface area contributed by atoms with E-state index in [1.165, 1.54) is 51.4 Å². The van der Waals surface area contributed by atoms with Crippen molar-refractivity contribution >= 4 is 17.6 Å². The number of hydrogen-bond donors (Lipinski definition) is 1. The third-order valence-corrected chi connectivity index (χ3v) is 5.35. The van der Waals surface area contributed by atoms with Crippen molar-refractivity contribution < 1.29 is 0 Å². The molecule has 0 aliphatic carbocycles. The van der Waals surface area contributed by atoms with Crippen molar-refractivity contribution in [2.45, 2.75) is 26.3 Å². The lowest BCUT2D eigenvalue weighted by Crippen LogP contribution is -2.46. The molecule has 1 aliphatic rings. The van der Waals surface area contributed by atoms with E-state index < -0.39 is 0 Å². The number of rotatable bonds is 8. The fourth-order valence-electron chi connectivity index (χ4n) is 3.42. The molecule has 0 radical (unpaired) electrons. The van der Waals surface area contributed by atoms with Crippen molar-refractivity contribution in [1.82, 2.24) is 24.6 Å². The van der Waals surface area contributed by atoms with Crippen LogP contribution in [0, 0.1) is 0 Å². The minimum atomic E-state index is 0.776. The van der Waals surface area contributed by atoms with Crippen molar-refractivity contribution in [3.8, 4) is 0 Å². The van der Waals surface area contributed by atoms with E-state index in [1.807, 2.05) is 26.4 Å². The van der Waals surface area contributed by atoms with Gasteiger partial charge < -0.3 is 24.6 Å². The summed E-state index contributed by atoms with van der Waals surface area (Å²) in [6.45, 7) is 11.2. The molecule has 148 valence electrons. The van der Waals surface area contributed by atoms with Gasteiger partial charge in [0.1, 0.15) is 0 Å². The Morgan fingerprint density at radius 1 is 1.23 bits per heavy atom. The fourth-order valence-corrected chi connectivity index (χ4v) is 3.69. The Morgan fingerprint density at radius 3 is 2.50 bits per heavy atom. The molecule has 2 rings (SSSR count). The Hall–Kier alpha value is -1.24. The van der Waals surface area contributed by atoms with Gasteiger partial charge >= 0.3 is 0 Å². The molecule has 0 atom stereocenters. The van der Waals surface area contributed by atoms with Crippen molar-refractivity contribution in [3.63, 3.8) is 0 Å². The van der Waals surface area contributed by atoms with Crippen LogP contribution in [0.5, 0.6) is 0 Å². The summed E-state index contributed by atoms with van der Waals surface area (Å²) < 4.78 is 2.06. The number of unbranched alkanes of at least 4 members (excludes halogenated alkanes) is 1. The SMILES string of the molecule is CCN1CCN(CCCCNC(=NC)N(C)Cc2cc(Cl)cn2C)CC1. The van der Waals surface area contributed by atoms with Crippen molar-refractivity contribution in [1.29, 1.82) is 0 Å². The van der Waals surface area contributed by atoms with Gasteiger partial charge in [-0.15, -0.1) is 0 Å². The van der Waals surface area contributed by atoms with E-state index in [2.05, 4.69) is 43.5 Å². The van der Waals surface area contributed by atoms with E-state index in [4.69, 9.17) is 11.6 Å². The molecule has 26 heavy (non-hydrogen) atoms. The number of aromatic nitrogens is 1. The summed E-state index contributed by atoms with van der Waals surface area (Å²) in [5.74, 6) is 0.930. The van der Waals surface area contributed by atoms with Crippen molar-refractivity contribution in [2.24, 2.45) is 12.0 Å². The summed E-state index contributed by atoms with van der Waals surface area (Å²) >= 11 is 6.07. The Bertz CT molecular complexity index is 562. The van der Waals surface area contributed by atoms with Crippen LogP contribution in [0.1, 0.15) is 25.5 Å². The predicted octanol–water partition coefficient (Wildman–Crippen LogP) is 2.10. The molecule has 1 aliphatic heterocycles. The standard InChI is InChI=1S/C19H35ClN6/c1-5-25-10-12-26(13-11-25)9-7-6-8-22-19(21-2)24(4)16-18-14-17(20)15-23(18)3/h14-15H,5-13,16H2,1-4H3,(H,21,22). The number of likely N-dealkylation sites (N-methyl/N-ethyl adjacent to an activating group) is 1. The van der Waals surface area contributed by atoms with Gasteiger partial charge in [0.25, 0.3) is 0 Å². The highest BCUT2D eigenvalue weighted by Crippen LogP contribution is 2.14. The molecule has 0 amide bonds. The third-order valence-electron chi connectivity index (χ3n) is 5.14. The number of nitrogens with one attached hydrogen (secondary N) is 1. The van der Waals surface area contributed by atoms with Gasteiger partial charge in [-0.2, -0.15) is 0 Å². The molecule has 1 saturated heterocycles. The molecule has 0 aromatic carbocycles. The van der Waals surface area contributed by atoms with Gasteiger partial charge in [-0.3, -0.25) is 4.99 Å². The molecule has 1 aromatic heterocycles. The molecule has 1 aromatic rings. The number of guanidine groups is 1. The normalized spacial score (nSPS) is 16.9. The molecule has 1 fully saturated rings. The first-order valence-electron chi connectivity index (χ1n) is 9.70. The van der Waals surface area contributed by atoms with Gasteiger partial charge in [0, 0.05) is 65.8 Å². The third kappa shape index (κ3) is 6.49. The van der Waals surface area contributed by atoms with Gasteiger partial charge in [0.2, 0.25) is 0 Å². The zero-order chi connectivity index (χ0) is 18.9. The van der Waals surface area contributed by atoms with Crippen LogP contribution in [0.3, 0.4) is 0 Å². The number of piperazine rings is 1. The van der Waals surface area contributed by atoms with Crippen molar-refractivity contribution in [3.05, 3.63) is 23.0 Å². The largest absolute Gasteiger partial charge is 0.356 e. The summed E-state index contributed by atoms with van der Waals surface area (Å²) in [5.41, 5.74) is 1.17. The average molecular weight is 383 g/mol. The number of halogens is 1. The highest BCUT2D eigenvalue weighted by molar-refractivity contribution is 6.30. The first-order chi connectivity index (χ1) is 12.5. The molecular formula is C19H35ClN6. The summed E-state index contributed by atoms with van der Waals surface area (Å²) in [5, 5.41) is 4.25. The maximum absolute atomic E-state index is 6.07. The maximum Gasteiger partial charge on any atom is 0.193 e. The second kappa shape index (κ2) is 10.8. The number of nitrogens with zero attached hydrogens (tertiary/aromatic N) is 5. The average Bonchev–Trinajstić information content (AvgIpc) is 2.95. The van der Waals surface area contributed by atoms with Crippen LogP contribution < -0.4 is 5.32 Å². The van der Waals surface area contributed by atoms with Gasteiger partial charge in [-0.05, 0) is 32.0 Å². The molecule has 2 heterocycles. The summed E-state index contributed by atoms with van der Waals surface area (Å²) in [4.78, 5) is 11.6. The first kappa shape index (κ1) is 21.1. The van der Waals surface area contributed by atoms with E-state index in [-0.39, 0.29) is 0 Å². The lowest BCUT2D eigenvalue weighted by atomic mass is 10.2. The molecular weight excluding hydrogens is 348 g/mol. The van der Waals surface area contributed by atoms with Crippen LogP contribution in [-0.2, 0) is 13.6 Å². The van der Waals surface area contributed by atoms with Crippen LogP contribution in [0.25, 0.3) is 0 Å². The molecule has 1 N–H and O–H groups in total.